The van der Waals surface area contributed by atoms with Gasteiger partial charge < -0.3 is 9.47 Å². The van der Waals surface area contributed by atoms with E-state index in [1.807, 2.05) is 36.4 Å². The van der Waals surface area contributed by atoms with E-state index < -0.39 is 0 Å². The first-order valence-corrected chi connectivity index (χ1v) is 8.15. The van der Waals surface area contributed by atoms with Crippen molar-refractivity contribution in [3.63, 3.8) is 0 Å². The van der Waals surface area contributed by atoms with E-state index in [4.69, 9.17) is 4.74 Å². The molecule has 0 N–H and O–H groups in total. The zero-order valence-electron chi connectivity index (χ0n) is 14.1. The average molecular weight is 332 g/mol. The molecule has 0 amide bonds. The lowest BCUT2D eigenvalue weighted by molar-refractivity contribution is -0.134. The molecule has 0 saturated carbocycles. The smallest absolute Gasteiger partial charge is 0.330 e. The Kier molecular flexibility index (Phi) is 5.60. The maximum Gasteiger partial charge on any atom is 0.330 e. The second kappa shape index (κ2) is 8.27. The highest BCUT2D eigenvalue weighted by Gasteiger charge is 1.99. The topological polar surface area (TPSA) is 35.5 Å². The summed E-state index contributed by atoms with van der Waals surface area (Å²) in [6.07, 6.45) is 3.15. The number of hydrogen-bond acceptors (Lipinski definition) is 3. The summed E-state index contributed by atoms with van der Waals surface area (Å²) < 4.78 is 10.4. The fraction of sp³-hybridized carbons (Fsp3) is 0.136. The molecule has 0 aliphatic rings. The monoisotopic (exact) mass is 332 g/mol. The molecular formula is C22H20O3. The minimum absolute atomic E-state index is 0.363. The van der Waals surface area contributed by atoms with Crippen molar-refractivity contribution in [1.82, 2.24) is 0 Å². The lowest BCUT2D eigenvalue weighted by Gasteiger charge is -2.07. The molecular weight excluding hydrogens is 312 g/mol. The van der Waals surface area contributed by atoms with Gasteiger partial charge >= 0.3 is 5.97 Å². The molecule has 126 valence electrons. The first kappa shape index (κ1) is 16.9. The second-order valence-electron chi connectivity index (χ2n) is 5.78. The summed E-state index contributed by atoms with van der Waals surface area (Å²) in [5.74, 6) is -0.363. The molecule has 0 heterocycles. The molecule has 0 aliphatic carbocycles. The summed E-state index contributed by atoms with van der Waals surface area (Å²) in [7, 11) is 1.36. The van der Waals surface area contributed by atoms with Crippen LogP contribution in [0.5, 0.6) is 0 Å². The third-order valence-electron chi connectivity index (χ3n) is 3.92. The summed E-state index contributed by atoms with van der Waals surface area (Å²) >= 11 is 0. The predicted octanol–water partition coefficient (Wildman–Crippen LogP) is 4.74. The van der Waals surface area contributed by atoms with Crippen LogP contribution in [0.3, 0.4) is 0 Å². The normalized spacial score (nSPS) is 11.1. The molecule has 3 rings (SSSR count). The minimum atomic E-state index is -0.363. The number of carbonyl (C=O) groups is 1. The lowest BCUT2D eigenvalue weighted by atomic mass is 10.1. The van der Waals surface area contributed by atoms with Gasteiger partial charge in [-0.15, -0.1) is 0 Å². The summed E-state index contributed by atoms with van der Waals surface area (Å²) in [6.45, 7) is 1.08. The fourth-order valence-corrected chi connectivity index (χ4v) is 2.63. The maximum atomic E-state index is 11.2. The van der Waals surface area contributed by atoms with Crippen LogP contribution in [0.1, 0.15) is 16.7 Å². The predicted molar refractivity (Wildman–Crippen MR) is 99.9 cm³/mol. The first-order valence-electron chi connectivity index (χ1n) is 8.15. The van der Waals surface area contributed by atoms with E-state index in [9.17, 15) is 4.79 Å². The Bertz CT molecular complexity index is 896. The zero-order chi connectivity index (χ0) is 17.5. The molecule has 0 bridgehead atoms. The number of ether oxygens (including phenoxy) is 2. The van der Waals surface area contributed by atoms with E-state index in [-0.39, 0.29) is 5.97 Å². The summed E-state index contributed by atoms with van der Waals surface area (Å²) in [6, 6.07) is 22.6. The molecule has 3 aromatic rings. The van der Waals surface area contributed by atoms with Crippen molar-refractivity contribution in [2.45, 2.75) is 13.2 Å². The van der Waals surface area contributed by atoms with Gasteiger partial charge in [0.05, 0.1) is 20.3 Å². The molecule has 0 spiro atoms. The third-order valence-corrected chi connectivity index (χ3v) is 3.92. The van der Waals surface area contributed by atoms with Crippen LogP contribution in [-0.2, 0) is 27.5 Å². The summed E-state index contributed by atoms with van der Waals surface area (Å²) in [5, 5.41) is 2.45. The highest BCUT2D eigenvalue weighted by atomic mass is 16.5. The molecule has 0 saturated heterocycles. The van der Waals surface area contributed by atoms with Gasteiger partial charge in [-0.2, -0.15) is 0 Å². The van der Waals surface area contributed by atoms with Crippen molar-refractivity contribution >= 4 is 22.8 Å². The molecule has 3 heteroatoms. The van der Waals surface area contributed by atoms with Crippen LogP contribution in [0, 0.1) is 0 Å². The Morgan fingerprint density at radius 3 is 2.44 bits per heavy atom. The largest absolute Gasteiger partial charge is 0.466 e. The number of methoxy groups -OCH3 is 1. The van der Waals surface area contributed by atoms with E-state index >= 15 is 0 Å². The Labute approximate surface area is 147 Å². The van der Waals surface area contributed by atoms with Gasteiger partial charge in [0.25, 0.3) is 0 Å². The molecule has 25 heavy (non-hydrogen) atoms. The molecule has 0 aromatic heterocycles. The number of carbonyl (C=O) groups excluding carboxylic acids is 1. The lowest BCUT2D eigenvalue weighted by Crippen LogP contribution is -1.95. The highest BCUT2D eigenvalue weighted by Crippen LogP contribution is 2.17. The third kappa shape index (κ3) is 4.78. The van der Waals surface area contributed by atoms with E-state index in [1.165, 1.54) is 24.0 Å². The number of esters is 1. The van der Waals surface area contributed by atoms with Gasteiger partial charge in [-0.1, -0.05) is 54.6 Å². The van der Waals surface area contributed by atoms with Crippen LogP contribution < -0.4 is 0 Å². The molecule has 0 unspecified atom stereocenters. The van der Waals surface area contributed by atoms with E-state index in [0.717, 1.165) is 16.7 Å². The molecule has 3 aromatic carbocycles. The Balaban J connectivity index is 1.59. The Morgan fingerprint density at radius 1 is 0.880 bits per heavy atom. The Hall–Kier alpha value is -2.91. The average Bonchev–Trinajstić information content (AvgIpc) is 2.66. The number of rotatable bonds is 6. The zero-order valence-corrected chi connectivity index (χ0v) is 14.1. The van der Waals surface area contributed by atoms with Gasteiger partial charge in [0.15, 0.2) is 0 Å². The summed E-state index contributed by atoms with van der Waals surface area (Å²) in [5.41, 5.74) is 3.16. The number of benzene rings is 3. The second-order valence-corrected chi connectivity index (χ2v) is 5.78. The standard InChI is InChI=1S/C22H20O3/c1-24-22(23)12-10-17-5-4-6-18(13-17)15-25-16-19-9-11-20-7-2-3-8-21(20)14-19/h2-14H,15-16H2,1H3/b12-10+. The van der Waals surface area contributed by atoms with Crippen LogP contribution in [0.4, 0.5) is 0 Å². The van der Waals surface area contributed by atoms with Crippen molar-refractivity contribution in [3.05, 3.63) is 89.5 Å². The van der Waals surface area contributed by atoms with Crippen molar-refractivity contribution in [2.24, 2.45) is 0 Å². The van der Waals surface area contributed by atoms with Gasteiger partial charge in [0.2, 0.25) is 0 Å². The Morgan fingerprint density at radius 2 is 1.64 bits per heavy atom. The van der Waals surface area contributed by atoms with Crippen LogP contribution in [0.25, 0.3) is 16.8 Å². The number of hydrogen-bond donors (Lipinski definition) is 0. The van der Waals surface area contributed by atoms with Crippen molar-refractivity contribution < 1.29 is 14.3 Å². The fourth-order valence-electron chi connectivity index (χ4n) is 2.63. The molecule has 0 atom stereocenters. The SMILES string of the molecule is COC(=O)/C=C/c1cccc(COCc2ccc3ccccc3c2)c1. The van der Waals surface area contributed by atoms with Crippen LogP contribution in [-0.4, -0.2) is 13.1 Å². The van der Waals surface area contributed by atoms with E-state index in [2.05, 4.69) is 35.1 Å². The van der Waals surface area contributed by atoms with Gasteiger partial charge in [-0.05, 0) is 45.7 Å². The molecule has 0 aliphatic heterocycles. The van der Waals surface area contributed by atoms with Crippen LogP contribution in [0.15, 0.2) is 72.8 Å². The van der Waals surface area contributed by atoms with Crippen molar-refractivity contribution in [1.29, 1.82) is 0 Å². The van der Waals surface area contributed by atoms with E-state index in [1.54, 1.807) is 6.08 Å². The van der Waals surface area contributed by atoms with Gasteiger partial charge in [-0.3, -0.25) is 0 Å². The first-order chi connectivity index (χ1) is 12.2. The van der Waals surface area contributed by atoms with Gasteiger partial charge in [0, 0.05) is 6.08 Å². The summed E-state index contributed by atoms with van der Waals surface area (Å²) in [4.78, 5) is 11.2. The molecule has 0 radical (unpaired) electrons. The highest BCUT2D eigenvalue weighted by molar-refractivity contribution is 5.87. The number of fused-ring (bicyclic) bond motifs is 1. The molecule has 3 nitrogen and oxygen atoms in total. The maximum absolute atomic E-state index is 11.2. The van der Waals surface area contributed by atoms with Gasteiger partial charge in [-0.25, -0.2) is 4.79 Å². The van der Waals surface area contributed by atoms with Crippen molar-refractivity contribution in [3.8, 4) is 0 Å². The van der Waals surface area contributed by atoms with Crippen LogP contribution in [0.2, 0.25) is 0 Å². The van der Waals surface area contributed by atoms with Crippen molar-refractivity contribution in [2.75, 3.05) is 7.11 Å². The molecule has 0 fully saturated rings. The minimum Gasteiger partial charge on any atom is -0.466 e. The van der Waals surface area contributed by atoms with E-state index in [0.29, 0.717) is 13.2 Å². The quantitative estimate of drug-likeness (QED) is 0.483. The van der Waals surface area contributed by atoms with Gasteiger partial charge in [0.1, 0.15) is 0 Å². The van der Waals surface area contributed by atoms with Crippen LogP contribution >= 0.6 is 0 Å².